The lowest BCUT2D eigenvalue weighted by atomic mass is 9.64. The number of hydrogen-bond donors (Lipinski definition) is 0. The van der Waals surface area contributed by atoms with Gasteiger partial charge in [0.05, 0.1) is 27.5 Å². The van der Waals surface area contributed by atoms with E-state index in [0.717, 1.165) is 11.4 Å². The Morgan fingerprint density at radius 3 is 1.16 bits per heavy atom. The van der Waals surface area contributed by atoms with Crippen LogP contribution in [-0.4, -0.2) is 9.13 Å². The third-order valence-corrected chi connectivity index (χ3v) is 11.8. The van der Waals surface area contributed by atoms with Gasteiger partial charge in [-0.25, -0.2) is 0 Å². The van der Waals surface area contributed by atoms with Gasteiger partial charge in [0.1, 0.15) is 0 Å². The summed E-state index contributed by atoms with van der Waals surface area (Å²) in [5.41, 5.74) is 13.6. The Kier molecular flexibility index (Phi) is 7.75. The largest absolute Gasteiger partial charge is 0.309 e. The van der Waals surface area contributed by atoms with E-state index >= 15 is 0 Å². The zero-order valence-corrected chi connectivity index (χ0v) is 31.3. The van der Waals surface area contributed by atoms with E-state index in [4.69, 9.17) is 0 Å². The minimum atomic E-state index is -0.605. The second-order valence-electron chi connectivity index (χ2n) is 14.9. The van der Waals surface area contributed by atoms with Crippen LogP contribution in [-0.2, 0) is 5.41 Å². The van der Waals surface area contributed by atoms with Crippen molar-refractivity contribution in [3.63, 3.8) is 0 Å². The molecule has 0 aliphatic heterocycles. The fourth-order valence-corrected chi connectivity index (χ4v) is 9.40. The van der Waals surface area contributed by atoms with Crippen molar-refractivity contribution in [1.29, 1.82) is 0 Å². The van der Waals surface area contributed by atoms with Crippen LogP contribution in [0.25, 0.3) is 66.1 Å². The molecule has 11 rings (SSSR count). The first-order chi connectivity index (χ1) is 28.3. The molecule has 0 amide bonds. The van der Waals surface area contributed by atoms with Crippen molar-refractivity contribution in [3.05, 3.63) is 253 Å². The van der Waals surface area contributed by atoms with Gasteiger partial charge in [0.15, 0.2) is 0 Å². The third kappa shape index (κ3) is 5.18. The Labute approximate surface area is 332 Å². The van der Waals surface area contributed by atoms with Gasteiger partial charge in [-0.3, -0.25) is 0 Å². The van der Waals surface area contributed by atoms with Gasteiger partial charge in [0.25, 0.3) is 0 Å². The van der Waals surface area contributed by atoms with Crippen LogP contribution in [0.4, 0.5) is 0 Å². The normalized spacial score (nSPS) is 11.9. The first kappa shape index (κ1) is 33.0. The van der Waals surface area contributed by atoms with Crippen LogP contribution in [0.15, 0.2) is 231 Å². The smallest absolute Gasteiger partial charge is 0.0702 e. The molecule has 9 aromatic carbocycles. The summed E-state index contributed by atoms with van der Waals surface area (Å²) in [7, 11) is 0. The molecule has 57 heavy (non-hydrogen) atoms. The van der Waals surface area contributed by atoms with Crippen molar-refractivity contribution in [1.82, 2.24) is 9.13 Å². The second kappa shape index (κ2) is 13.4. The zero-order valence-electron chi connectivity index (χ0n) is 31.3. The van der Waals surface area contributed by atoms with E-state index in [1.54, 1.807) is 0 Å². The summed E-state index contributed by atoms with van der Waals surface area (Å²) in [6.07, 6.45) is 0. The molecule has 11 aromatic rings. The summed E-state index contributed by atoms with van der Waals surface area (Å²) in [6, 6.07) is 84.4. The molecular weight excluding hydrogens is 689 g/mol. The van der Waals surface area contributed by atoms with Gasteiger partial charge in [-0.1, -0.05) is 176 Å². The maximum absolute atomic E-state index is 2.47. The molecule has 2 heteroatoms. The second-order valence-corrected chi connectivity index (χ2v) is 14.9. The van der Waals surface area contributed by atoms with Gasteiger partial charge in [-0.2, -0.15) is 0 Å². The lowest BCUT2D eigenvalue weighted by Gasteiger charge is -2.37. The number of nitrogens with zero attached hydrogens (tertiary/aromatic N) is 2. The molecule has 0 spiro atoms. The molecular formula is C55H38N2. The standard InChI is InChI=1S/C55H38N2/c1-5-19-39(20-6-1)40-35-44(55(41-21-7-2-8-22-41,42-23-9-3-10-24-42)43-25-11-4-12-26-43)37-46(36-40)57-53-32-18-15-29-49(53)50-38-45(33-34-54(50)57)56-51-30-16-13-27-47(51)48-28-14-17-31-52(48)56/h1-38H. The van der Waals surface area contributed by atoms with Crippen LogP contribution in [0.2, 0.25) is 0 Å². The SMILES string of the molecule is c1ccc(-c2cc(-n3c4ccccc4c4cc(-n5c6ccccc6c6ccccc65)ccc43)cc(C(c3ccccc3)(c3ccccc3)c3ccccc3)c2)cc1. The number of hydrogen-bond acceptors (Lipinski definition) is 0. The quantitative estimate of drug-likeness (QED) is 0.145. The van der Waals surface area contributed by atoms with Crippen LogP contribution in [0.3, 0.4) is 0 Å². The van der Waals surface area contributed by atoms with Crippen LogP contribution in [0.1, 0.15) is 22.3 Å². The van der Waals surface area contributed by atoms with Crippen molar-refractivity contribution < 1.29 is 0 Å². The molecule has 0 aliphatic rings. The molecule has 0 fully saturated rings. The molecule has 0 saturated carbocycles. The van der Waals surface area contributed by atoms with Gasteiger partial charge in [0, 0.05) is 32.9 Å². The average molecular weight is 727 g/mol. The first-order valence-electron chi connectivity index (χ1n) is 19.7. The summed E-state index contributed by atoms with van der Waals surface area (Å²) in [6.45, 7) is 0. The highest BCUT2D eigenvalue weighted by Crippen LogP contribution is 2.47. The van der Waals surface area contributed by atoms with E-state index in [2.05, 4.69) is 240 Å². The van der Waals surface area contributed by atoms with E-state index in [0.29, 0.717) is 0 Å². The van der Waals surface area contributed by atoms with Crippen LogP contribution < -0.4 is 0 Å². The summed E-state index contributed by atoms with van der Waals surface area (Å²) < 4.78 is 4.89. The van der Waals surface area contributed by atoms with E-state index in [1.165, 1.54) is 77.0 Å². The monoisotopic (exact) mass is 726 g/mol. The van der Waals surface area contributed by atoms with Gasteiger partial charge >= 0.3 is 0 Å². The van der Waals surface area contributed by atoms with E-state index in [1.807, 2.05) is 0 Å². The van der Waals surface area contributed by atoms with Crippen LogP contribution in [0, 0.1) is 0 Å². The van der Waals surface area contributed by atoms with Gasteiger partial charge < -0.3 is 9.13 Å². The molecule has 0 radical (unpaired) electrons. The fourth-order valence-electron chi connectivity index (χ4n) is 9.40. The minimum absolute atomic E-state index is 0.605. The molecule has 0 atom stereocenters. The van der Waals surface area contributed by atoms with Crippen molar-refractivity contribution in [2.75, 3.05) is 0 Å². The van der Waals surface area contributed by atoms with Gasteiger partial charge in [-0.05, 0) is 88.0 Å². The Balaban J connectivity index is 1.23. The Bertz CT molecular complexity index is 3060. The predicted octanol–water partition coefficient (Wildman–Crippen LogP) is 13.9. The lowest BCUT2D eigenvalue weighted by Crippen LogP contribution is -2.31. The predicted molar refractivity (Wildman–Crippen MR) is 239 cm³/mol. The summed E-state index contributed by atoms with van der Waals surface area (Å²) >= 11 is 0. The molecule has 2 heterocycles. The van der Waals surface area contributed by atoms with E-state index in [9.17, 15) is 0 Å². The van der Waals surface area contributed by atoms with Crippen molar-refractivity contribution in [2.45, 2.75) is 5.41 Å². The first-order valence-corrected chi connectivity index (χ1v) is 19.7. The highest BCUT2D eigenvalue weighted by Gasteiger charge is 2.39. The van der Waals surface area contributed by atoms with Gasteiger partial charge in [-0.15, -0.1) is 0 Å². The molecule has 2 nitrogen and oxygen atoms in total. The molecule has 0 unspecified atom stereocenters. The molecule has 0 N–H and O–H groups in total. The summed E-state index contributed by atoms with van der Waals surface area (Å²) in [5, 5.41) is 4.97. The summed E-state index contributed by atoms with van der Waals surface area (Å²) in [4.78, 5) is 0. The Hall–Kier alpha value is -7.42. The Morgan fingerprint density at radius 2 is 0.649 bits per heavy atom. The molecule has 0 aliphatic carbocycles. The minimum Gasteiger partial charge on any atom is -0.309 e. The highest BCUT2D eigenvalue weighted by atomic mass is 15.0. The number of rotatable bonds is 7. The fraction of sp³-hybridized carbons (Fsp3) is 0.0182. The zero-order chi connectivity index (χ0) is 37.8. The number of benzene rings is 9. The molecule has 0 bridgehead atoms. The third-order valence-electron chi connectivity index (χ3n) is 11.8. The van der Waals surface area contributed by atoms with Crippen molar-refractivity contribution >= 4 is 43.6 Å². The molecule has 2 aromatic heterocycles. The van der Waals surface area contributed by atoms with Crippen LogP contribution in [0.5, 0.6) is 0 Å². The molecule has 0 saturated heterocycles. The van der Waals surface area contributed by atoms with E-state index in [-0.39, 0.29) is 0 Å². The topological polar surface area (TPSA) is 9.86 Å². The lowest BCUT2D eigenvalue weighted by molar-refractivity contribution is 0.744. The van der Waals surface area contributed by atoms with Crippen molar-refractivity contribution in [3.8, 4) is 22.5 Å². The maximum Gasteiger partial charge on any atom is 0.0702 e. The summed E-state index contributed by atoms with van der Waals surface area (Å²) in [5.74, 6) is 0. The van der Waals surface area contributed by atoms with E-state index < -0.39 is 5.41 Å². The maximum atomic E-state index is 2.47. The number of aromatic nitrogens is 2. The Morgan fingerprint density at radius 1 is 0.246 bits per heavy atom. The molecule has 268 valence electrons. The average Bonchev–Trinajstić information content (AvgIpc) is 3.81. The van der Waals surface area contributed by atoms with Gasteiger partial charge in [0.2, 0.25) is 0 Å². The number of para-hydroxylation sites is 3. The van der Waals surface area contributed by atoms with Crippen molar-refractivity contribution in [2.24, 2.45) is 0 Å². The van der Waals surface area contributed by atoms with Crippen LogP contribution >= 0.6 is 0 Å². The number of fused-ring (bicyclic) bond motifs is 6. The highest BCUT2D eigenvalue weighted by molar-refractivity contribution is 6.12.